The summed E-state index contributed by atoms with van der Waals surface area (Å²) in [5.74, 6) is 0.696. The second-order valence-corrected chi connectivity index (χ2v) is 6.75. The highest BCUT2D eigenvalue weighted by Crippen LogP contribution is 2.26. The minimum atomic E-state index is -0.281. The van der Waals surface area contributed by atoms with Gasteiger partial charge >= 0.3 is 6.03 Å². The van der Waals surface area contributed by atoms with Gasteiger partial charge in [0.25, 0.3) is 0 Å². The van der Waals surface area contributed by atoms with E-state index in [4.69, 9.17) is 16.3 Å². The van der Waals surface area contributed by atoms with Gasteiger partial charge in [0.1, 0.15) is 5.75 Å². The number of hydrogen-bond acceptors (Lipinski definition) is 4. The number of carbonyl (C=O) groups is 2. The summed E-state index contributed by atoms with van der Waals surface area (Å²) in [7, 11) is 1.56. The van der Waals surface area contributed by atoms with Crippen molar-refractivity contribution in [3.8, 4) is 5.75 Å². The molecule has 0 aliphatic carbocycles. The fourth-order valence-corrected chi connectivity index (χ4v) is 3.04. The number of ether oxygens (including phenoxy) is 1. The van der Waals surface area contributed by atoms with Gasteiger partial charge in [-0.3, -0.25) is 9.69 Å². The molecule has 2 rings (SSSR count). The molecule has 1 fully saturated rings. The molecular formula is C18H27ClN4O3. The summed E-state index contributed by atoms with van der Waals surface area (Å²) in [6.45, 7) is 4.73. The van der Waals surface area contributed by atoms with Crippen LogP contribution in [0.4, 0.5) is 10.5 Å². The zero-order valence-corrected chi connectivity index (χ0v) is 16.1. The summed E-state index contributed by atoms with van der Waals surface area (Å²) >= 11 is 6.13. The van der Waals surface area contributed by atoms with Gasteiger partial charge in [0.15, 0.2) is 0 Å². The molecule has 1 aliphatic rings. The molecular weight excluding hydrogens is 356 g/mol. The zero-order chi connectivity index (χ0) is 18.9. The average molecular weight is 383 g/mol. The highest BCUT2D eigenvalue weighted by molar-refractivity contribution is 6.33. The lowest BCUT2D eigenvalue weighted by Gasteiger charge is -2.31. The SMILES string of the molecule is CCCNC(=O)CN1CCC(NC(=O)Nc2ccc(OC)cc2Cl)CC1. The van der Waals surface area contributed by atoms with Crippen LogP contribution in [0, 0.1) is 0 Å². The predicted octanol–water partition coefficient (Wildman–Crippen LogP) is 2.46. The number of nitrogens with zero attached hydrogens (tertiary/aromatic N) is 1. The number of anilines is 1. The predicted molar refractivity (Wildman–Crippen MR) is 103 cm³/mol. The van der Waals surface area contributed by atoms with Gasteiger partial charge in [-0.25, -0.2) is 4.79 Å². The third-order valence-corrected chi connectivity index (χ3v) is 4.60. The number of methoxy groups -OCH3 is 1. The molecule has 0 aromatic heterocycles. The molecule has 0 saturated carbocycles. The molecule has 3 amide bonds. The largest absolute Gasteiger partial charge is 0.497 e. The van der Waals surface area contributed by atoms with E-state index in [0.717, 1.165) is 32.4 Å². The Morgan fingerprint density at radius 1 is 1.31 bits per heavy atom. The molecule has 1 aromatic rings. The van der Waals surface area contributed by atoms with Crippen LogP contribution in [-0.2, 0) is 4.79 Å². The molecule has 0 bridgehead atoms. The van der Waals surface area contributed by atoms with E-state index in [-0.39, 0.29) is 18.0 Å². The van der Waals surface area contributed by atoms with Crippen molar-refractivity contribution in [1.29, 1.82) is 0 Å². The molecule has 1 saturated heterocycles. The van der Waals surface area contributed by atoms with Crippen molar-refractivity contribution in [2.45, 2.75) is 32.2 Å². The molecule has 26 heavy (non-hydrogen) atoms. The van der Waals surface area contributed by atoms with E-state index in [0.29, 0.717) is 29.5 Å². The molecule has 0 unspecified atom stereocenters. The molecule has 1 heterocycles. The minimum absolute atomic E-state index is 0.0603. The second-order valence-electron chi connectivity index (χ2n) is 6.34. The quantitative estimate of drug-likeness (QED) is 0.676. The highest BCUT2D eigenvalue weighted by Gasteiger charge is 2.22. The first kappa shape index (κ1) is 20.3. The van der Waals surface area contributed by atoms with Crippen molar-refractivity contribution in [2.75, 3.05) is 38.6 Å². The van der Waals surface area contributed by atoms with Crippen molar-refractivity contribution in [2.24, 2.45) is 0 Å². The zero-order valence-electron chi connectivity index (χ0n) is 15.3. The third kappa shape index (κ3) is 6.38. The molecule has 3 N–H and O–H groups in total. The van der Waals surface area contributed by atoms with Crippen molar-refractivity contribution in [3.63, 3.8) is 0 Å². The molecule has 0 atom stereocenters. The Morgan fingerprint density at radius 3 is 2.65 bits per heavy atom. The summed E-state index contributed by atoms with van der Waals surface area (Å²) in [4.78, 5) is 26.0. The van der Waals surface area contributed by atoms with Crippen LogP contribution < -0.4 is 20.7 Å². The topological polar surface area (TPSA) is 82.7 Å². The first-order chi connectivity index (χ1) is 12.5. The smallest absolute Gasteiger partial charge is 0.319 e. The van der Waals surface area contributed by atoms with Crippen molar-refractivity contribution in [1.82, 2.24) is 15.5 Å². The summed E-state index contributed by atoms with van der Waals surface area (Å²) in [5, 5.41) is 9.03. The van der Waals surface area contributed by atoms with Gasteiger partial charge in [0.05, 0.1) is 24.4 Å². The average Bonchev–Trinajstić information content (AvgIpc) is 2.63. The maximum atomic E-state index is 12.2. The van der Waals surface area contributed by atoms with E-state index >= 15 is 0 Å². The van der Waals surface area contributed by atoms with Gasteiger partial charge in [-0.1, -0.05) is 18.5 Å². The first-order valence-corrected chi connectivity index (χ1v) is 9.29. The Hall–Kier alpha value is -1.99. The number of hydrogen-bond donors (Lipinski definition) is 3. The number of benzene rings is 1. The monoisotopic (exact) mass is 382 g/mol. The molecule has 7 nitrogen and oxygen atoms in total. The van der Waals surface area contributed by atoms with Gasteiger partial charge in [0.2, 0.25) is 5.91 Å². The normalized spacial score (nSPS) is 15.3. The van der Waals surface area contributed by atoms with Gasteiger partial charge in [-0.2, -0.15) is 0 Å². The van der Waals surface area contributed by atoms with Crippen LogP contribution in [0.5, 0.6) is 5.75 Å². The fraction of sp³-hybridized carbons (Fsp3) is 0.556. The van der Waals surface area contributed by atoms with Gasteiger partial charge in [0, 0.05) is 31.7 Å². The number of amides is 3. The van der Waals surface area contributed by atoms with Crippen LogP contribution in [0.15, 0.2) is 18.2 Å². The summed E-state index contributed by atoms with van der Waals surface area (Å²) in [5.41, 5.74) is 0.537. The third-order valence-electron chi connectivity index (χ3n) is 4.29. The summed E-state index contributed by atoms with van der Waals surface area (Å²) < 4.78 is 5.09. The number of piperidine rings is 1. The summed E-state index contributed by atoms with van der Waals surface area (Å²) in [6.07, 6.45) is 2.56. The van der Waals surface area contributed by atoms with E-state index in [9.17, 15) is 9.59 Å². The number of likely N-dealkylation sites (tertiary alicyclic amines) is 1. The van der Waals surface area contributed by atoms with E-state index in [1.54, 1.807) is 25.3 Å². The molecule has 1 aliphatic heterocycles. The number of urea groups is 1. The van der Waals surface area contributed by atoms with Crippen LogP contribution in [0.1, 0.15) is 26.2 Å². The van der Waals surface area contributed by atoms with Gasteiger partial charge < -0.3 is 20.7 Å². The second kappa shape index (κ2) is 10.2. The van der Waals surface area contributed by atoms with Crippen molar-refractivity contribution in [3.05, 3.63) is 23.2 Å². The Balaban J connectivity index is 1.73. The number of rotatable bonds is 7. The van der Waals surface area contributed by atoms with Crippen LogP contribution in [-0.4, -0.2) is 56.2 Å². The van der Waals surface area contributed by atoms with E-state index in [1.165, 1.54) is 0 Å². The number of halogens is 1. The standard InChI is InChI=1S/C18H27ClN4O3/c1-3-8-20-17(24)12-23-9-6-13(7-10-23)21-18(25)22-16-5-4-14(26-2)11-15(16)19/h4-5,11,13H,3,6-10,12H2,1-2H3,(H,20,24)(H2,21,22,25). The number of carbonyl (C=O) groups excluding carboxylic acids is 2. The van der Waals surface area contributed by atoms with E-state index < -0.39 is 0 Å². The van der Waals surface area contributed by atoms with Crippen LogP contribution in [0.3, 0.4) is 0 Å². The lowest BCUT2D eigenvalue weighted by Crippen LogP contribution is -2.48. The van der Waals surface area contributed by atoms with Crippen molar-refractivity contribution >= 4 is 29.2 Å². The number of nitrogens with one attached hydrogen (secondary N) is 3. The summed E-state index contributed by atoms with van der Waals surface area (Å²) in [6, 6.07) is 4.90. The maximum Gasteiger partial charge on any atom is 0.319 e. The van der Waals surface area contributed by atoms with Gasteiger partial charge in [-0.15, -0.1) is 0 Å². The minimum Gasteiger partial charge on any atom is -0.497 e. The highest BCUT2D eigenvalue weighted by atomic mass is 35.5. The Kier molecular flexibility index (Phi) is 8.00. The van der Waals surface area contributed by atoms with Crippen molar-refractivity contribution < 1.29 is 14.3 Å². The molecule has 0 radical (unpaired) electrons. The molecule has 0 spiro atoms. The van der Waals surface area contributed by atoms with Gasteiger partial charge in [-0.05, 0) is 31.4 Å². The van der Waals surface area contributed by atoms with E-state index in [1.807, 2.05) is 6.92 Å². The Bertz CT molecular complexity index is 618. The lowest BCUT2D eigenvalue weighted by atomic mass is 10.1. The van der Waals surface area contributed by atoms with E-state index in [2.05, 4.69) is 20.9 Å². The Labute approximate surface area is 159 Å². The van der Waals surface area contributed by atoms with Crippen LogP contribution >= 0.6 is 11.6 Å². The molecule has 1 aromatic carbocycles. The van der Waals surface area contributed by atoms with Crippen LogP contribution in [0.2, 0.25) is 5.02 Å². The first-order valence-electron chi connectivity index (χ1n) is 8.92. The Morgan fingerprint density at radius 2 is 2.04 bits per heavy atom. The van der Waals surface area contributed by atoms with Crippen LogP contribution in [0.25, 0.3) is 0 Å². The maximum absolute atomic E-state index is 12.2. The molecule has 144 valence electrons. The fourth-order valence-electron chi connectivity index (χ4n) is 2.83. The lowest BCUT2D eigenvalue weighted by molar-refractivity contribution is -0.122. The molecule has 8 heteroatoms.